The van der Waals surface area contributed by atoms with Crippen molar-refractivity contribution < 1.29 is 9.13 Å². The molecule has 0 saturated carbocycles. The van der Waals surface area contributed by atoms with Gasteiger partial charge in [-0.3, -0.25) is 0 Å². The van der Waals surface area contributed by atoms with E-state index in [1.165, 1.54) is 18.2 Å². The number of nitrogens with two attached hydrogens (primary N) is 1. The van der Waals surface area contributed by atoms with E-state index in [9.17, 15) is 4.39 Å². The van der Waals surface area contributed by atoms with Gasteiger partial charge in [-0.2, -0.15) is 0 Å². The zero-order chi connectivity index (χ0) is 11.5. The van der Waals surface area contributed by atoms with E-state index < -0.39 is 0 Å². The lowest BCUT2D eigenvalue weighted by Gasteiger charge is -2.08. The number of anilines is 1. The van der Waals surface area contributed by atoms with Gasteiger partial charge in [0.1, 0.15) is 11.6 Å². The van der Waals surface area contributed by atoms with Crippen molar-refractivity contribution in [2.75, 3.05) is 5.73 Å². The molecular weight excluding hydrogens is 273 g/mol. The molecule has 0 aliphatic carbocycles. The predicted molar refractivity (Wildman–Crippen MR) is 65.0 cm³/mol. The van der Waals surface area contributed by atoms with Crippen molar-refractivity contribution in [2.45, 2.75) is 0 Å². The Balaban J connectivity index is 2.26. The van der Waals surface area contributed by atoms with E-state index in [1.807, 2.05) is 12.1 Å². The molecule has 0 bridgehead atoms. The summed E-state index contributed by atoms with van der Waals surface area (Å²) in [4.78, 5) is 0. The Morgan fingerprint density at radius 2 is 1.75 bits per heavy atom. The van der Waals surface area contributed by atoms with Gasteiger partial charge in [-0.25, -0.2) is 4.39 Å². The van der Waals surface area contributed by atoms with Crippen LogP contribution < -0.4 is 10.5 Å². The number of benzene rings is 2. The standard InChI is InChI=1S/C12H9BrFNO/c13-8-1-4-10(5-2-8)16-12-7-9(14)3-6-11(12)15/h1-7H,15H2. The summed E-state index contributed by atoms with van der Waals surface area (Å²) < 4.78 is 19.4. The molecule has 2 nitrogen and oxygen atoms in total. The van der Waals surface area contributed by atoms with Crippen LogP contribution in [0.25, 0.3) is 0 Å². The minimum Gasteiger partial charge on any atom is -0.455 e. The van der Waals surface area contributed by atoms with Crippen molar-refractivity contribution in [1.82, 2.24) is 0 Å². The minimum atomic E-state index is -0.374. The molecule has 0 saturated heterocycles. The van der Waals surface area contributed by atoms with Gasteiger partial charge >= 0.3 is 0 Å². The lowest BCUT2D eigenvalue weighted by atomic mass is 10.3. The Morgan fingerprint density at radius 1 is 1.06 bits per heavy atom. The van der Waals surface area contributed by atoms with Crippen LogP contribution in [0.3, 0.4) is 0 Å². The maximum atomic E-state index is 13.0. The van der Waals surface area contributed by atoms with Gasteiger partial charge in [-0.1, -0.05) is 15.9 Å². The predicted octanol–water partition coefficient (Wildman–Crippen LogP) is 3.96. The Bertz CT molecular complexity index is 499. The zero-order valence-corrected chi connectivity index (χ0v) is 9.87. The second-order valence-corrected chi connectivity index (χ2v) is 4.15. The fraction of sp³-hybridized carbons (Fsp3) is 0. The molecule has 2 rings (SSSR count). The van der Waals surface area contributed by atoms with Crippen LogP contribution in [-0.2, 0) is 0 Å². The van der Waals surface area contributed by atoms with Crippen LogP contribution in [-0.4, -0.2) is 0 Å². The van der Waals surface area contributed by atoms with Gasteiger partial charge < -0.3 is 10.5 Å². The lowest BCUT2D eigenvalue weighted by Crippen LogP contribution is -1.92. The molecule has 82 valence electrons. The van der Waals surface area contributed by atoms with Crippen molar-refractivity contribution in [3.8, 4) is 11.5 Å². The van der Waals surface area contributed by atoms with Crippen LogP contribution in [0.2, 0.25) is 0 Å². The minimum absolute atomic E-state index is 0.322. The van der Waals surface area contributed by atoms with Gasteiger partial charge in [0.15, 0.2) is 5.75 Å². The van der Waals surface area contributed by atoms with Crippen LogP contribution >= 0.6 is 15.9 Å². The van der Waals surface area contributed by atoms with Crippen LogP contribution in [0.15, 0.2) is 46.9 Å². The summed E-state index contributed by atoms with van der Waals surface area (Å²) in [5.74, 6) is 0.559. The number of nitrogen functional groups attached to an aromatic ring is 1. The Hall–Kier alpha value is -1.55. The molecule has 2 N–H and O–H groups in total. The first-order valence-corrected chi connectivity index (χ1v) is 5.43. The number of hydrogen-bond acceptors (Lipinski definition) is 2. The first-order chi connectivity index (χ1) is 7.65. The number of rotatable bonds is 2. The molecule has 16 heavy (non-hydrogen) atoms. The quantitative estimate of drug-likeness (QED) is 0.846. The van der Waals surface area contributed by atoms with E-state index in [4.69, 9.17) is 10.5 Å². The Kier molecular flexibility index (Phi) is 3.10. The molecule has 0 radical (unpaired) electrons. The third-order valence-electron chi connectivity index (χ3n) is 2.02. The zero-order valence-electron chi connectivity index (χ0n) is 8.28. The SMILES string of the molecule is Nc1ccc(F)cc1Oc1ccc(Br)cc1. The number of ether oxygens (including phenoxy) is 1. The maximum Gasteiger partial charge on any atom is 0.153 e. The van der Waals surface area contributed by atoms with Gasteiger partial charge in [0.25, 0.3) is 0 Å². The fourth-order valence-corrected chi connectivity index (χ4v) is 1.49. The van der Waals surface area contributed by atoms with Crippen molar-refractivity contribution in [2.24, 2.45) is 0 Å². The van der Waals surface area contributed by atoms with E-state index in [1.54, 1.807) is 12.1 Å². The van der Waals surface area contributed by atoms with Crippen LogP contribution in [0.1, 0.15) is 0 Å². The molecule has 0 atom stereocenters. The van der Waals surface area contributed by atoms with Gasteiger partial charge in [0.2, 0.25) is 0 Å². The molecule has 0 unspecified atom stereocenters. The van der Waals surface area contributed by atoms with Crippen LogP contribution in [0.4, 0.5) is 10.1 Å². The van der Waals surface area contributed by atoms with Gasteiger partial charge in [-0.05, 0) is 36.4 Å². The second-order valence-electron chi connectivity index (χ2n) is 3.24. The molecule has 2 aromatic rings. The fourth-order valence-electron chi connectivity index (χ4n) is 1.23. The first kappa shape index (κ1) is 11.0. The molecule has 0 fully saturated rings. The van der Waals surface area contributed by atoms with E-state index in [-0.39, 0.29) is 5.82 Å². The molecule has 0 aliphatic heterocycles. The van der Waals surface area contributed by atoms with Crippen molar-refractivity contribution in [3.05, 3.63) is 52.8 Å². The summed E-state index contributed by atoms with van der Waals surface area (Å²) in [5.41, 5.74) is 6.07. The van der Waals surface area contributed by atoms with E-state index in [0.717, 1.165) is 4.47 Å². The molecule has 2 aromatic carbocycles. The van der Waals surface area contributed by atoms with Gasteiger partial charge in [-0.15, -0.1) is 0 Å². The summed E-state index contributed by atoms with van der Waals surface area (Å²) in [6.07, 6.45) is 0. The third-order valence-corrected chi connectivity index (χ3v) is 2.55. The largest absolute Gasteiger partial charge is 0.455 e. The third kappa shape index (κ3) is 2.52. The van der Waals surface area contributed by atoms with Crippen LogP contribution in [0.5, 0.6) is 11.5 Å². The summed E-state index contributed by atoms with van der Waals surface area (Å²) in [5, 5.41) is 0. The maximum absolute atomic E-state index is 13.0. The van der Waals surface area contributed by atoms with Gasteiger partial charge in [0, 0.05) is 10.5 Å². The average Bonchev–Trinajstić information content (AvgIpc) is 2.27. The molecule has 0 aromatic heterocycles. The molecule has 0 spiro atoms. The highest BCUT2D eigenvalue weighted by Crippen LogP contribution is 2.28. The summed E-state index contributed by atoms with van der Waals surface area (Å²) in [6, 6.07) is 11.3. The van der Waals surface area contributed by atoms with Gasteiger partial charge in [0.05, 0.1) is 5.69 Å². The van der Waals surface area contributed by atoms with Crippen molar-refractivity contribution in [1.29, 1.82) is 0 Å². The molecule has 0 aliphatic rings. The van der Waals surface area contributed by atoms with Crippen molar-refractivity contribution in [3.63, 3.8) is 0 Å². The highest BCUT2D eigenvalue weighted by atomic mass is 79.9. The summed E-state index contributed by atoms with van der Waals surface area (Å²) >= 11 is 3.32. The summed E-state index contributed by atoms with van der Waals surface area (Å²) in [6.45, 7) is 0. The number of hydrogen-bond donors (Lipinski definition) is 1. The number of halogens is 2. The second kappa shape index (κ2) is 4.53. The normalized spacial score (nSPS) is 10.1. The van der Waals surface area contributed by atoms with E-state index in [0.29, 0.717) is 17.2 Å². The highest BCUT2D eigenvalue weighted by molar-refractivity contribution is 9.10. The first-order valence-electron chi connectivity index (χ1n) is 4.63. The van der Waals surface area contributed by atoms with Crippen molar-refractivity contribution >= 4 is 21.6 Å². The topological polar surface area (TPSA) is 35.2 Å². The smallest absolute Gasteiger partial charge is 0.153 e. The lowest BCUT2D eigenvalue weighted by molar-refractivity contribution is 0.479. The highest BCUT2D eigenvalue weighted by Gasteiger charge is 2.03. The van der Waals surface area contributed by atoms with Crippen LogP contribution in [0, 0.1) is 5.82 Å². The molecule has 0 heterocycles. The molecular formula is C12H9BrFNO. The molecule has 0 amide bonds. The monoisotopic (exact) mass is 281 g/mol. The Morgan fingerprint density at radius 3 is 2.44 bits per heavy atom. The molecule has 4 heteroatoms. The van der Waals surface area contributed by atoms with E-state index >= 15 is 0 Å². The van der Waals surface area contributed by atoms with E-state index in [2.05, 4.69) is 15.9 Å². The summed E-state index contributed by atoms with van der Waals surface area (Å²) in [7, 11) is 0. The average molecular weight is 282 g/mol. The Labute approximate surface area is 101 Å².